The smallest absolute Gasteiger partial charge is 0.0685 e. The Bertz CT molecular complexity index is 255. The molecule has 0 aromatic carbocycles. The third kappa shape index (κ3) is 1.61. The first-order valence-corrected chi connectivity index (χ1v) is 5.62. The molecule has 0 radical (unpaired) electrons. The highest BCUT2D eigenvalue weighted by Gasteiger charge is 2.41. The van der Waals surface area contributed by atoms with E-state index in [4.69, 9.17) is 0 Å². The van der Waals surface area contributed by atoms with Crippen molar-refractivity contribution in [3.63, 3.8) is 0 Å². The molecule has 2 heteroatoms. The third-order valence-corrected chi connectivity index (χ3v) is 3.91. The van der Waals surface area contributed by atoms with Gasteiger partial charge in [-0.2, -0.15) is 0 Å². The normalized spacial score (nSPS) is 48.3. The third-order valence-electron chi connectivity index (χ3n) is 3.91. The van der Waals surface area contributed by atoms with E-state index in [1.54, 1.807) is 0 Å². The lowest BCUT2D eigenvalue weighted by Gasteiger charge is -2.43. The van der Waals surface area contributed by atoms with Crippen molar-refractivity contribution in [1.29, 1.82) is 0 Å². The summed E-state index contributed by atoms with van der Waals surface area (Å²) in [6.07, 6.45) is 5.70. The average molecular weight is 196 g/mol. The second-order valence-corrected chi connectivity index (χ2v) is 5.17. The Morgan fingerprint density at radius 3 is 2.93 bits per heavy atom. The molecule has 1 saturated carbocycles. The molecule has 2 N–H and O–H groups in total. The van der Waals surface area contributed by atoms with Gasteiger partial charge in [0.15, 0.2) is 0 Å². The standard InChI is InChI=1S/C12H20O2/c1-8-6-9-4-3-5-12(2,14)10(9)7-11(8)13/h6,8,10-11,13-14H,3-5,7H2,1-2H3. The van der Waals surface area contributed by atoms with Crippen LogP contribution < -0.4 is 0 Å². The molecule has 1 fully saturated rings. The van der Waals surface area contributed by atoms with Gasteiger partial charge >= 0.3 is 0 Å². The van der Waals surface area contributed by atoms with Gasteiger partial charge in [0.05, 0.1) is 11.7 Å². The fourth-order valence-electron chi connectivity index (χ4n) is 2.91. The summed E-state index contributed by atoms with van der Waals surface area (Å²) in [5.74, 6) is 0.456. The summed E-state index contributed by atoms with van der Waals surface area (Å²) in [6.45, 7) is 3.96. The van der Waals surface area contributed by atoms with Crippen LogP contribution in [-0.2, 0) is 0 Å². The van der Waals surface area contributed by atoms with Gasteiger partial charge in [0.1, 0.15) is 0 Å². The maximum Gasteiger partial charge on any atom is 0.0685 e. The molecular weight excluding hydrogens is 176 g/mol. The summed E-state index contributed by atoms with van der Waals surface area (Å²) >= 11 is 0. The highest BCUT2D eigenvalue weighted by Crippen LogP contribution is 2.44. The summed E-state index contributed by atoms with van der Waals surface area (Å²) in [5.41, 5.74) is 0.782. The molecule has 0 aromatic rings. The van der Waals surface area contributed by atoms with E-state index < -0.39 is 5.60 Å². The van der Waals surface area contributed by atoms with E-state index >= 15 is 0 Å². The number of aliphatic hydroxyl groups excluding tert-OH is 1. The molecule has 80 valence electrons. The van der Waals surface area contributed by atoms with Crippen LogP contribution in [-0.4, -0.2) is 21.9 Å². The van der Waals surface area contributed by atoms with Crippen LogP contribution in [0.4, 0.5) is 0 Å². The van der Waals surface area contributed by atoms with E-state index in [-0.39, 0.29) is 17.9 Å². The molecule has 2 aliphatic carbocycles. The lowest BCUT2D eigenvalue weighted by atomic mass is 9.66. The summed E-state index contributed by atoms with van der Waals surface area (Å²) in [4.78, 5) is 0. The maximum absolute atomic E-state index is 10.2. The average Bonchev–Trinajstić information content (AvgIpc) is 2.08. The molecule has 2 aliphatic rings. The number of hydrogen-bond acceptors (Lipinski definition) is 2. The van der Waals surface area contributed by atoms with Gasteiger partial charge in [0.25, 0.3) is 0 Å². The Labute approximate surface area is 85.6 Å². The highest BCUT2D eigenvalue weighted by molar-refractivity contribution is 5.20. The van der Waals surface area contributed by atoms with Gasteiger partial charge in [0, 0.05) is 11.8 Å². The number of rotatable bonds is 0. The number of hydrogen-bond donors (Lipinski definition) is 2. The molecule has 4 atom stereocenters. The summed E-state index contributed by atoms with van der Waals surface area (Å²) in [7, 11) is 0. The largest absolute Gasteiger partial charge is 0.393 e. The van der Waals surface area contributed by atoms with Gasteiger partial charge in [-0.15, -0.1) is 0 Å². The molecule has 0 saturated heterocycles. The minimum absolute atomic E-state index is 0.197. The van der Waals surface area contributed by atoms with Crippen molar-refractivity contribution in [3.8, 4) is 0 Å². The minimum Gasteiger partial charge on any atom is -0.393 e. The second kappa shape index (κ2) is 3.35. The fraction of sp³-hybridized carbons (Fsp3) is 0.833. The molecule has 4 unspecified atom stereocenters. The Kier molecular flexibility index (Phi) is 2.44. The van der Waals surface area contributed by atoms with Crippen molar-refractivity contribution >= 4 is 0 Å². The highest BCUT2D eigenvalue weighted by atomic mass is 16.3. The van der Waals surface area contributed by atoms with Crippen LogP contribution in [0.15, 0.2) is 11.6 Å². The van der Waals surface area contributed by atoms with Crippen LogP contribution in [0.25, 0.3) is 0 Å². The van der Waals surface area contributed by atoms with E-state index in [9.17, 15) is 10.2 Å². The molecule has 0 bridgehead atoms. The van der Waals surface area contributed by atoms with Crippen molar-refractivity contribution in [1.82, 2.24) is 0 Å². The summed E-state index contributed by atoms with van der Waals surface area (Å²) in [6, 6.07) is 0. The van der Waals surface area contributed by atoms with Crippen molar-refractivity contribution in [2.24, 2.45) is 11.8 Å². The molecule has 2 rings (SSSR count). The van der Waals surface area contributed by atoms with Gasteiger partial charge in [0.2, 0.25) is 0 Å². The van der Waals surface area contributed by atoms with Crippen molar-refractivity contribution in [2.45, 2.75) is 51.2 Å². The molecule has 2 nitrogen and oxygen atoms in total. The van der Waals surface area contributed by atoms with E-state index in [0.717, 1.165) is 25.7 Å². The van der Waals surface area contributed by atoms with E-state index in [1.165, 1.54) is 5.57 Å². The summed E-state index contributed by atoms with van der Waals surface area (Å²) < 4.78 is 0. The van der Waals surface area contributed by atoms with Gasteiger partial charge in [-0.05, 0) is 32.6 Å². The lowest BCUT2D eigenvalue weighted by Crippen LogP contribution is -2.43. The van der Waals surface area contributed by atoms with Gasteiger partial charge in [-0.1, -0.05) is 18.6 Å². The first-order chi connectivity index (χ1) is 6.50. The Hall–Kier alpha value is -0.340. The first-order valence-electron chi connectivity index (χ1n) is 5.62. The fourth-order valence-corrected chi connectivity index (χ4v) is 2.91. The molecule has 0 aliphatic heterocycles. The lowest BCUT2D eigenvalue weighted by molar-refractivity contribution is -0.0381. The predicted octanol–water partition coefficient (Wildman–Crippen LogP) is 1.86. The molecule has 0 spiro atoms. The molecule has 0 heterocycles. The molecule has 0 amide bonds. The predicted molar refractivity (Wildman–Crippen MR) is 55.8 cm³/mol. The number of aliphatic hydroxyl groups is 2. The zero-order chi connectivity index (χ0) is 10.3. The van der Waals surface area contributed by atoms with Gasteiger partial charge < -0.3 is 10.2 Å². The maximum atomic E-state index is 10.2. The van der Waals surface area contributed by atoms with Crippen LogP contribution in [0, 0.1) is 11.8 Å². The minimum atomic E-state index is -0.592. The van der Waals surface area contributed by atoms with Gasteiger partial charge in [-0.25, -0.2) is 0 Å². The van der Waals surface area contributed by atoms with Crippen LogP contribution in [0.5, 0.6) is 0 Å². The Morgan fingerprint density at radius 2 is 2.21 bits per heavy atom. The first kappa shape index (κ1) is 10.2. The Morgan fingerprint density at radius 1 is 1.50 bits per heavy atom. The van der Waals surface area contributed by atoms with Crippen LogP contribution in [0.2, 0.25) is 0 Å². The van der Waals surface area contributed by atoms with Crippen LogP contribution in [0.1, 0.15) is 39.5 Å². The quantitative estimate of drug-likeness (QED) is 0.581. The summed E-state index contributed by atoms with van der Waals surface area (Å²) in [5, 5.41) is 20.0. The number of fused-ring (bicyclic) bond motifs is 1. The van der Waals surface area contributed by atoms with Crippen molar-refractivity contribution in [3.05, 3.63) is 11.6 Å². The molecule has 14 heavy (non-hydrogen) atoms. The molecule has 0 aromatic heterocycles. The van der Waals surface area contributed by atoms with E-state index in [1.807, 2.05) is 6.92 Å². The Balaban J connectivity index is 2.26. The molecular formula is C12H20O2. The zero-order valence-electron chi connectivity index (χ0n) is 9.03. The second-order valence-electron chi connectivity index (χ2n) is 5.17. The van der Waals surface area contributed by atoms with Crippen molar-refractivity contribution < 1.29 is 10.2 Å². The van der Waals surface area contributed by atoms with E-state index in [2.05, 4.69) is 13.0 Å². The van der Waals surface area contributed by atoms with E-state index in [0.29, 0.717) is 0 Å². The van der Waals surface area contributed by atoms with Crippen LogP contribution >= 0.6 is 0 Å². The van der Waals surface area contributed by atoms with Gasteiger partial charge in [-0.3, -0.25) is 0 Å². The van der Waals surface area contributed by atoms with Crippen molar-refractivity contribution in [2.75, 3.05) is 0 Å². The monoisotopic (exact) mass is 196 g/mol. The topological polar surface area (TPSA) is 40.5 Å². The SMILES string of the molecule is CC1C=C2CCCC(C)(O)C2CC1O. The van der Waals surface area contributed by atoms with Crippen LogP contribution in [0.3, 0.4) is 0 Å². The zero-order valence-corrected chi connectivity index (χ0v) is 9.03.